The molecule has 126 valence electrons. The Balaban J connectivity index is 2.13. The van der Waals surface area contributed by atoms with Crippen LogP contribution < -0.4 is 5.43 Å². The van der Waals surface area contributed by atoms with Crippen molar-refractivity contribution in [3.8, 4) is 0 Å². The van der Waals surface area contributed by atoms with Crippen LogP contribution in [-0.2, 0) is 0 Å². The number of hydrazone groups is 1. The minimum atomic E-state index is 0.547. The molecule has 2 rings (SSSR count). The normalized spacial score (nSPS) is 12.1. The highest BCUT2D eigenvalue weighted by molar-refractivity contribution is 6.36. The Morgan fingerprint density at radius 1 is 1.12 bits per heavy atom. The Morgan fingerprint density at radius 3 is 2.54 bits per heavy atom. The summed E-state index contributed by atoms with van der Waals surface area (Å²) < 4.78 is 0. The summed E-state index contributed by atoms with van der Waals surface area (Å²) >= 11 is 12.1. The number of benzene rings is 2. The summed E-state index contributed by atoms with van der Waals surface area (Å²) in [5.74, 6) is 0. The predicted molar refractivity (Wildman–Crippen MR) is 106 cm³/mol. The average molecular weight is 362 g/mol. The third-order valence-electron chi connectivity index (χ3n) is 3.33. The van der Waals surface area contributed by atoms with E-state index < -0.39 is 0 Å². The Labute approximate surface area is 153 Å². The highest BCUT2D eigenvalue weighted by Gasteiger charge is 2.02. The molecule has 0 aliphatic carbocycles. The lowest BCUT2D eigenvalue weighted by Crippen LogP contribution is -2.16. The molecule has 0 bridgehead atoms. The summed E-state index contributed by atoms with van der Waals surface area (Å²) in [6.45, 7) is 0.911. The number of halogens is 2. The molecular weight excluding hydrogens is 341 g/mol. The van der Waals surface area contributed by atoms with Crippen molar-refractivity contribution in [2.45, 2.75) is 6.42 Å². The van der Waals surface area contributed by atoms with Crippen molar-refractivity contribution in [1.29, 1.82) is 0 Å². The van der Waals surface area contributed by atoms with Gasteiger partial charge in [0.1, 0.15) is 0 Å². The minimum Gasteiger partial charge on any atom is -0.309 e. The molecular formula is C19H21Cl2N3. The van der Waals surface area contributed by atoms with E-state index in [2.05, 4.69) is 33.6 Å². The summed E-state index contributed by atoms with van der Waals surface area (Å²) in [6, 6.07) is 15.4. The highest BCUT2D eigenvalue weighted by Crippen LogP contribution is 2.25. The van der Waals surface area contributed by atoms with Crippen molar-refractivity contribution < 1.29 is 0 Å². The number of nitrogens with one attached hydrogen (secondary N) is 1. The minimum absolute atomic E-state index is 0.547. The Kier molecular flexibility index (Phi) is 7.32. The van der Waals surface area contributed by atoms with Crippen LogP contribution in [0, 0.1) is 0 Å². The van der Waals surface area contributed by atoms with Gasteiger partial charge in [-0.25, -0.2) is 0 Å². The maximum Gasteiger partial charge on any atom is 0.0749 e. The molecule has 0 aromatic heterocycles. The average Bonchev–Trinajstić information content (AvgIpc) is 2.56. The Hall–Kier alpha value is -1.81. The molecule has 5 heteroatoms. The standard InChI is InChI=1S/C19H21Cl2N3/c1-24(2)13-12-17(10-8-15-6-4-3-5-7-15)22-23-19-11-9-16(20)14-18(19)21/h3-11,14,23H,12-13H2,1-2H3/b10-8-,22-17-. The lowest BCUT2D eigenvalue weighted by molar-refractivity contribution is 0.422. The number of nitrogens with zero attached hydrogens (tertiary/aromatic N) is 2. The van der Waals surface area contributed by atoms with Gasteiger partial charge in [-0.2, -0.15) is 5.10 Å². The summed E-state index contributed by atoms with van der Waals surface area (Å²) in [5, 5.41) is 5.65. The van der Waals surface area contributed by atoms with Crippen molar-refractivity contribution in [3.63, 3.8) is 0 Å². The third-order valence-corrected chi connectivity index (χ3v) is 3.88. The van der Waals surface area contributed by atoms with E-state index in [0.29, 0.717) is 10.0 Å². The first-order valence-corrected chi connectivity index (χ1v) is 8.45. The molecule has 0 fully saturated rings. The summed E-state index contributed by atoms with van der Waals surface area (Å²) in [4.78, 5) is 2.13. The fourth-order valence-corrected chi connectivity index (χ4v) is 2.43. The molecule has 0 amide bonds. The van der Waals surface area contributed by atoms with E-state index >= 15 is 0 Å². The first-order chi connectivity index (χ1) is 11.5. The number of allylic oxidation sites excluding steroid dienone is 1. The number of hydrogen-bond donors (Lipinski definition) is 1. The van der Waals surface area contributed by atoms with Gasteiger partial charge in [0.05, 0.1) is 16.4 Å². The van der Waals surface area contributed by atoms with E-state index in [-0.39, 0.29) is 0 Å². The number of rotatable bonds is 7. The second-order valence-corrected chi connectivity index (χ2v) is 6.48. The molecule has 0 radical (unpaired) electrons. The van der Waals surface area contributed by atoms with Crippen LogP contribution in [0.15, 0.2) is 59.7 Å². The predicted octanol–water partition coefficient (Wildman–Crippen LogP) is 5.43. The number of anilines is 1. The lowest BCUT2D eigenvalue weighted by Gasteiger charge is -2.10. The fourth-order valence-electron chi connectivity index (χ4n) is 1.98. The van der Waals surface area contributed by atoms with Gasteiger partial charge in [-0.1, -0.05) is 59.6 Å². The van der Waals surface area contributed by atoms with Crippen LogP contribution in [0.2, 0.25) is 10.0 Å². The van der Waals surface area contributed by atoms with E-state index in [1.165, 1.54) is 0 Å². The van der Waals surface area contributed by atoms with Gasteiger partial charge < -0.3 is 4.90 Å². The fraction of sp³-hybridized carbons (Fsp3) is 0.211. The van der Waals surface area contributed by atoms with Crippen LogP contribution in [0.5, 0.6) is 0 Å². The van der Waals surface area contributed by atoms with Crippen molar-refractivity contribution >= 4 is 40.7 Å². The molecule has 0 saturated heterocycles. The maximum atomic E-state index is 6.17. The van der Waals surface area contributed by atoms with Gasteiger partial charge in [0.2, 0.25) is 0 Å². The topological polar surface area (TPSA) is 27.6 Å². The monoisotopic (exact) mass is 361 g/mol. The molecule has 1 N–H and O–H groups in total. The Bertz CT molecular complexity index is 710. The highest BCUT2D eigenvalue weighted by atomic mass is 35.5. The molecule has 2 aromatic carbocycles. The molecule has 2 aromatic rings. The molecule has 3 nitrogen and oxygen atoms in total. The van der Waals surface area contributed by atoms with Crippen LogP contribution in [0.4, 0.5) is 5.69 Å². The van der Waals surface area contributed by atoms with Gasteiger partial charge in [-0.3, -0.25) is 5.43 Å². The van der Waals surface area contributed by atoms with Crippen LogP contribution >= 0.6 is 23.2 Å². The molecule has 0 spiro atoms. The van der Waals surface area contributed by atoms with E-state index in [1.807, 2.05) is 44.4 Å². The summed E-state index contributed by atoms with van der Waals surface area (Å²) in [7, 11) is 4.09. The SMILES string of the molecule is CN(C)CCC(/C=C\c1ccccc1)=N\Nc1ccc(Cl)cc1Cl. The van der Waals surface area contributed by atoms with Crippen LogP contribution in [0.1, 0.15) is 12.0 Å². The van der Waals surface area contributed by atoms with E-state index in [9.17, 15) is 0 Å². The van der Waals surface area contributed by atoms with Crippen molar-refractivity contribution in [2.24, 2.45) is 5.10 Å². The zero-order valence-corrected chi connectivity index (χ0v) is 15.3. The lowest BCUT2D eigenvalue weighted by atomic mass is 10.1. The van der Waals surface area contributed by atoms with Crippen molar-refractivity contribution in [2.75, 3.05) is 26.1 Å². The van der Waals surface area contributed by atoms with E-state index in [1.54, 1.807) is 12.1 Å². The van der Waals surface area contributed by atoms with Gasteiger partial charge in [0, 0.05) is 18.0 Å². The van der Waals surface area contributed by atoms with Crippen LogP contribution in [0.25, 0.3) is 6.08 Å². The van der Waals surface area contributed by atoms with Gasteiger partial charge >= 0.3 is 0 Å². The van der Waals surface area contributed by atoms with Gasteiger partial charge in [-0.15, -0.1) is 0 Å². The second kappa shape index (κ2) is 9.48. The Morgan fingerprint density at radius 2 is 1.88 bits per heavy atom. The quantitative estimate of drug-likeness (QED) is 0.526. The summed E-state index contributed by atoms with van der Waals surface area (Å²) in [6.07, 6.45) is 4.91. The first-order valence-electron chi connectivity index (χ1n) is 7.70. The molecule has 24 heavy (non-hydrogen) atoms. The van der Waals surface area contributed by atoms with Gasteiger partial charge in [-0.05, 0) is 43.9 Å². The van der Waals surface area contributed by atoms with Crippen LogP contribution in [0.3, 0.4) is 0 Å². The van der Waals surface area contributed by atoms with Crippen LogP contribution in [-0.4, -0.2) is 31.3 Å². The zero-order chi connectivity index (χ0) is 17.4. The van der Waals surface area contributed by atoms with E-state index in [4.69, 9.17) is 23.2 Å². The van der Waals surface area contributed by atoms with Crippen molar-refractivity contribution in [1.82, 2.24) is 4.90 Å². The molecule has 0 atom stereocenters. The second-order valence-electron chi connectivity index (χ2n) is 5.64. The van der Waals surface area contributed by atoms with Crippen molar-refractivity contribution in [3.05, 3.63) is 70.2 Å². The third kappa shape index (κ3) is 6.36. The van der Waals surface area contributed by atoms with Gasteiger partial charge in [0.15, 0.2) is 0 Å². The van der Waals surface area contributed by atoms with Gasteiger partial charge in [0.25, 0.3) is 0 Å². The van der Waals surface area contributed by atoms with E-state index in [0.717, 1.165) is 29.9 Å². The molecule has 0 aliphatic rings. The first kappa shape index (κ1) is 18.5. The molecule has 0 aliphatic heterocycles. The largest absolute Gasteiger partial charge is 0.309 e. The smallest absolute Gasteiger partial charge is 0.0749 e. The summed E-state index contributed by atoms with van der Waals surface area (Å²) in [5.41, 5.74) is 5.84. The molecule has 0 saturated carbocycles. The maximum absolute atomic E-state index is 6.17. The number of hydrogen-bond acceptors (Lipinski definition) is 3. The molecule has 0 unspecified atom stereocenters. The zero-order valence-electron chi connectivity index (χ0n) is 13.8. The molecule has 0 heterocycles.